The molecule has 0 saturated heterocycles. The van der Waals surface area contributed by atoms with Crippen molar-refractivity contribution in [2.24, 2.45) is 0 Å². The summed E-state index contributed by atoms with van der Waals surface area (Å²) >= 11 is 0. The first-order chi connectivity index (χ1) is 27.3. The molecule has 1 unspecified atom stereocenters. The maximum atomic E-state index is 4.99. The van der Waals surface area contributed by atoms with Crippen molar-refractivity contribution in [3.05, 3.63) is 199 Å². The normalized spacial score (nSPS) is 16.8. The molecular weight excluding hydrogens is 671 g/mol. The van der Waals surface area contributed by atoms with Crippen LogP contribution in [0.1, 0.15) is 11.1 Å². The molecular formula is C50H33N5+2. The second-order valence-electron chi connectivity index (χ2n) is 14.6. The van der Waals surface area contributed by atoms with Crippen molar-refractivity contribution in [2.75, 3.05) is 0 Å². The summed E-state index contributed by atoms with van der Waals surface area (Å²) in [5, 5.41) is 5.90. The Morgan fingerprint density at radius 1 is 0.545 bits per heavy atom. The predicted molar refractivity (Wildman–Crippen MR) is 226 cm³/mol. The lowest BCUT2D eigenvalue weighted by atomic mass is 9.71. The number of hydrogen-bond donors (Lipinski definition) is 1. The van der Waals surface area contributed by atoms with E-state index in [0.29, 0.717) is 0 Å². The number of fused-ring (bicyclic) bond motifs is 9. The summed E-state index contributed by atoms with van der Waals surface area (Å²) in [6.07, 6.45) is 14.6. The van der Waals surface area contributed by atoms with Gasteiger partial charge in [-0.2, -0.15) is 0 Å². The maximum absolute atomic E-state index is 4.99. The van der Waals surface area contributed by atoms with Gasteiger partial charge in [0.2, 0.25) is 0 Å². The van der Waals surface area contributed by atoms with Crippen LogP contribution in [-0.2, 0) is 5.41 Å². The van der Waals surface area contributed by atoms with Crippen molar-refractivity contribution in [1.29, 1.82) is 0 Å². The Labute approximate surface area is 316 Å². The molecule has 0 spiro atoms. The Balaban J connectivity index is 0.990. The van der Waals surface area contributed by atoms with Crippen LogP contribution in [0.4, 0.5) is 0 Å². The Hall–Kier alpha value is -7.30. The summed E-state index contributed by atoms with van der Waals surface area (Å²) in [6, 6.07) is 53.1. The van der Waals surface area contributed by atoms with Gasteiger partial charge in [-0.25, -0.2) is 0 Å². The van der Waals surface area contributed by atoms with Gasteiger partial charge in [-0.15, -0.1) is 0 Å². The monoisotopic (exact) mass is 703 g/mol. The molecule has 6 aromatic carbocycles. The van der Waals surface area contributed by atoms with Crippen molar-refractivity contribution in [3.63, 3.8) is 0 Å². The Morgan fingerprint density at radius 3 is 1.95 bits per heavy atom. The van der Waals surface area contributed by atoms with Crippen LogP contribution < -0.4 is 9.98 Å². The van der Waals surface area contributed by atoms with Crippen LogP contribution in [0.25, 0.3) is 77.4 Å². The van der Waals surface area contributed by atoms with Gasteiger partial charge in [0.1, 0.15) is 5.70 Å². The highest BCUT2D eigenvalue weighted by atomic mass is 15.0. The first kappa shape index (κ1) is 30.2. The molecule has 55 heavy (non-hydrogen) atoms. The number of nitrogens with zero attached hydrogens (tertiary/aromatic N) is 4. The number of aromatic nitrogens is 3. The molecule has 5 heteroatoms. The number of rotatable bonds is 5. The molecule has 3 aliphatic rings. The summed E-state index contributed by atoms with van der Waals surface area (Å²) in [6.45, 7) is 0. The van der Waals surface area contributed by atoms with E-state index < -0.39 is 5.41 Å². The number of hydrogen-bond acceptors (Lipinski definition) is 1. The van der Waals surface area contributed by atoms with Crippen LogP contribution in [0.5, 0.6) is 0 Å². The average Bonchev–Trinajstić information content (AvgIpc) is 4.10. The fraction of sp³-hybridized carbons (Fsp3) is 0.0200. The van der Waals surface area contributed by atoms with Crippen molar-refractivity contribution in [1.82, 2.24) is 18.8 Å². The fourth-order valence-corrected chi connectivity index (χ4v) is 9.57. The standard InChI is InChI=1S/C50H32N5/c1-4-13-41-36(10-1)39-31-46-40(30-42(39)50(41,47-17-8-27-51-47)48-18-9-28-52-48)37-11-2-5-14-43(37)55(46)35-25-21-33(22-26-35)32-19-23-34(24-20-32)54-44-15-6-3-12-38(44)49-45(54)16-7-29-53-49/h1-31,51H/q+1/p+1. The highest BCUT2D eigenvalue weighted by Gasteiger charge is 2.58. The quantitative estimate of drug-likeness (QED) is 0.179. The smallest absolute Gasteiger partial charge is 0.309 e. The zero-order chi connectivity index (χ0) is 36.1. The van der Waals surface area contributed by atoms with E-state index in [1.807, 2.05) is 18.5 Å². The Kier molecular flexibility index (Phi) is 6.23. The number of para-hydroxylation sites is 2. The number of quaternary nitrogens is 1. The molecule has 5 heterocycles. The van der Waals surface area contributed by atoms with Crippen LogP contribution in [-0.4, -0.2) is 26.0 Å². The van der Waals surface area contributed by atoms with E-state index in [4.69, 9.17) is 9.65 Å². The fourth-order valence-electron chi connectivity index (χ4n) is 9.57. The van der Waals surface area contributed by atoms with Gasteiger partial charge in [0, 0.05) is 52.0 Å². The van der Waals surface area contributed by atoms with E-state index in [1.165, 1.54) is 60.9 Å². The molecule has 3 aromatic heterocycles. The molecule has 1 aliphatic carbocycles. The minimum absolute atomic E-state index is 0.494. The molecule has 9 aromatic rings. The highest BCUT2D eigenvalue weighted by Crippen LogP contribution is 2.54. The van der Waals surface area contributed by atoms with Crippen molar-refractivity contribution >= 4 is 55.7 Å². The van der Waals surface area contributed by atoms with Crippen LogP contribution in [0.15, 0.2) is 188 Å². The van der Waals surface area contributed by atoms with E-state index in [2.05, 4.69) is 184 Å². The van der Waals surface area contributed by atoms with Crippen LogP contribution in [0.3, 0.4) is 0 Å². The molecule has 0 fully saturated rings. The molecule has 256 valence electrons. The van der Waals surface area contributed by atoms with Gasteiger partial charge in [-0.1, -0.05) is 89.6 Å². The second kappa shape index (κ2) is 11.3. The minimum atomic E-state index is -0.494. The van der Waals surface area contributed by atoms with E-state index in [-0.39, 0.29) is 0 Å². The van der Waals surface area contributed by atoms with E-state index in [0.717, 1.165) is 39.0 Å². The Bertz CT molecular complexity index is 3200. The van der Waals surface area contributed by atoms with Crippen molar-refractivity contribution in [2.45, 2.75) is 5.41 Å². The lowest BCUT2D eigenvalue weighted by Crippen LogP contribution is -2.79. The maximum Gasteiger partial charge on any atom is 0.328 e. The number of pyridine rings is 1. The lowest BCUT2D eigenvalue weighted by Gasteiger charge is -2.25. The SMILES string of the molecule is C1=C[NH2+]C(C2(C3=[N+]=CC=C3)c3ccccc3-c3cc4c(cc32)c2ccccc2n4-c2ccc(-c3ccc(-n4c5ccccc5c5ncccc54)cc3)cc2)=C1. The summed E-state index contributed by atoms with van der Waals surface area (Å²) in [7, 11) is 0. The lowest BCUT2D eigenvalue weighted by molar-refractivity contribution is -0.536. The molecule has 0 bridgehead atoms. The molecule has 2 N–H and O–H groups in total. The molecule has 0 amide bonds. The highest BCUT2D eigenvalue weighted by molar-refractivity contribution is 6.19. The topological polar surface area (TPSA) is 53.5 Å². The van der Waals surface area contributed by atoms with Crippen molar-refractivity contribution < 1.29 is 5.32 Å². The van der Waals surface area contributed by atoms with Crippen LogP contribution in [0.2, 0.25) is 0 Å². The number of benzene rings is 6. The summed E-state index contributed by atoms with van der Waals surface area (Å²) in [5.41, 5.74) is 17.2. The molecule has 1 atom stereocenters. The summed E-state index contributed by atoms with van der Waals surface area (Å²) in [4.78, 5) is 4.72. The Morgan fingerprint density at radius 2 is 1.22 bits per heavy atom. The van der Waals surface area contributed by atoms with Gasteiger partial charge < -0.3 is 9.13 Å². The summed E-state index contributed by atoms with van der Waals surface area (Å²) in [5.74, 6) is 0. The molecule has 0 radical (unpaired) electrons. The van der Waals surface area contributed by atoms with Crippen LogP contribution >= 0.6 is 0 Å². The third kappa shape index (κ3) is 4.11. The van der Waals surface area contributed by atoms with Gasteiger partial charge in [0.15, 0.2) is 5.41 Å². The largest absolute Gasteiger partial charge is 0.328 e. The zero-order valence-electron chi connectivity index (χ0n) is 29.8. The average molecular weight is 704 g/mol. The van der Waals surface area contributed by atoms with Gasteiger partial charge in [0.25, 0.3) is 6.21 Å². The van der Waals surface area contributed by atoms with E-state index in [9.17, 15) is 0 Å². The minimum Gasteiger partial charge on any atom is -0.309 e. The first-order valence-corrected chi connectivity index (χ1v) is 18.8. The van der Waals surface area contributed by atoms with Crippen LogP contribution in [0, 0.1) is 0 Å². The second-order valence-corrected chi connectivity index (χ2v) is 14.6. The molecule has 5 nitrogen and oxygen atoms in total. The van der Waals surface area contributed by atoms with Gasteiger partial charge in [-0.05, 0) is 100 Å². The molecule has 12 rings (SSSR count). The van der Waals surface area contributed by atoms with Crippen molar-refractivity contribution in [3.8, 4) is 33.6 Å². The summed E-state index contributed by atoms with van der Waals surface area (Å²) < 4.78 is 9.72. The van der Waals surface area contributed by atoms with Gasteiger partial charge in [-0.3, -0.25) is 10.3 Å². The van der Waals surface area contributed by atoms with E-state index >= 15 is 0 Å². The molecule has 2 aliphatic heterocycles. The van der Waals surface area contributed by atoms with Gasteiger partial charge in [0.05, 0.1) is 33.8 Å². The number of allylic oxidation sites excluding steroid dienone is 5. The first-order valence-electron chi connectivity index (χ1n) is 18.8. The third-order valence-electron chi connectivity index (χ3n) is 11.9. The third-order valence-corrected chi connectivity index (χ3v) is 11.9. The molecule has 0 saturated carbocycles. The van der Waals surface area contributed by atoms with E-state index in [1.54, 1.807) is 0 Å². The van der Waals surface area contributed by atoms with Gasteiger partial charge >= 0.3 is 5.71 Å². The zero-order valence-corrected chi connectivity index (χ0v) is 29.8. The number of nitrogens with two attached hydrogens (primary N) is 1. The predicted octanol–water partition coefficient (Wildman–Crippen LogP) is 9.33.